The highest BCUT2D eigenvalue weighted by atomic mass is 31.0. The Kier molecular flexibility index (Phi) is 2.93. The predicted molar refractivity (Wildman–Crippen MR) is 42.0 cm³/mol. The van der Waals surface area contributed by atoms with Gasteiger partial charge in [-0.1, -0.05) is 13.8 Å². The molecule has 0 rings (SSSR count). The second-order valence-corrected chi connectivity index (χ2v) is 3.89. The van der Waals surface area contributed by atoms with E-state index in [4.69, 9.17) is 0 Å². The van der Waals surface area contributed by atoms with Crippen LogP contribution in [0.4, 0.5) is 0 Å². The van der Waals surface area contributed by atoms with Crippen molar-refractivity contribution in [2.24, 2.45) is 5.92 Å². The largest absolute Gasteiger partial charge is 0.311 e. The van der Waals surface area contributed by atoms with Crippen molar-refractivity contribution in [1.82, 2.24) is 5.32 Å². The second kappa shape index (κ2) is 2.80. The van der Waals surface area contributed by atoms with Gasteiger partial charge in [0.25, 0.3) is 0 Å². The lowest BCUT2D eigenvalue weighted by atomic mass is 10.1. The van der Waals surface area contributed by atoms with Crippen molar-refractivity contribution in [3.63, 3.8) is 0 Å². The molecule has 0 aromatic heterocycles. The summed E-state index contributed by atoms with van der Waals surface area (Å²) in [4.78, 5) is 0. The highest BCUT2D eigenvalue weighted by molar-refractivity contribution is 7.18. The molecule has 50 valence electrons. The van der Waals surface area contributed by atoms with E-state index in [0.717, 1.165) is 0 Å². The van der Waals surface area contributed by atoms with Gasteiger partial charge in [-0.15, -0.1) is 9.24 Å². The minimum atomic E-state index is 0.208. The Labute approximate surface area is 54.4 Å². The van der Waals surface area contributed by atoms with Crippen LogP contribution in [0.2, 0.25) is 0 Å². The smallest absolute Gasteiger partial charge is 0.0315 e. The maximum absolute atomic E-state index is 3.20. The summed E-state index contributed by atoms with van der Waals surface area (Å²) in [6.07, 6.45) is 0. The molecule has 1 N–H and O–H groups in total. The average molecular weight is 133 g/mol. The van der Waals surface area contributed by atoms with Crippen molar-refractivity contribution >= 4 is 9.24 Å². The van der Waals surface area contributed by atoms with E-state index in [-0.39, 0.29) is 5.28 Å². The van der Waals surface area contributed by atoms with E-state index in [1.807, 2.05) is 7.05 Å². The summed E-state index contributed by atoms with van der Waals surface area (Å²) in [6, 6.07) is 0. The maximum atomic E-state index is 3.20. The van der Waals surface area contributed by atoms with Gasteiger partial charge < -0.3 is 5.32 Å². The molecule has 0 saturated carbocycles. The maximum Gasteiger partial charge on any atom is 0.0315 e. The molecular formula is C6H16NP. The van der Waals surface area contributed by atoms with Crippen LogP contribution in [0.5, 0.6) is 0 Å². The molecule has 0 saturated heterocycles. The molecule has 0 fully saturated rings. The number of rotatable bonds is 2. The number of nitrogens with one attached hydrogen (secondary N) is 1. The minimum absolute atomic E-state index is 0.208. The molecule has 2 heteroatoms. The van der Waals surface area contributed by atoms with E-state index < -0.39 is 0 Å². The van der Waals surface area contributed by atoms with Crippen LogP contribution in [0.1, 0.15) is 20.8 Å². The first-order valence-electron chi connectivity index (χ1n) is 2.98. The van der Waals surface area contributed by atoms with Gasteiger partial charge in [0.05, 0.1) is 0 Å². The summed E-state index contributed by atoms with van der Waals surface area (Å²) in [7, 11) is 4.78. The molecule has 2 atom stereocenters. The summed E-state index contributed by atoms with van der Waals surface area (Å²) in [5.74, 6) is 0.664. The normalized spacial score (nSPS) is 18.8. The van der Waals surface area contributed by atoms with E-state index in [1.165, 1.54) is 0 Å². The van der Waals surface area contributed by atoms with Crippen LogP contribution >= 0.6 is 9.24 Å². The van der Waals surface area contributed by atoms with Gasteiger partial charge in [0.15, 0.2) is 0 Å². The fourth-order valence-electron chi connectivity index (χ4n) is 0.289. The van der Waals surface area contributed by atoms with Crippen LogP contribution < -0.4 is 5.32 Å². The Morgan fingerprint density at radius 3 is 1.88 bits per heavy atom. The molecule has 8 heavy (non-hydrogen) atoms. The Balaban J connectivity index is 3.71. The average Bonchev–Trinajstić information content (AvgIpc) is 1.67. The number of hydrogen-bond acceptors (Lipinski definition) is 1. The van der Waals surface area contributed by atoms with Crippen molar-refractivity contribution in [2.75, 3.05) is 7.05 Å². The third-order valence-electron chi connectivity index (χ3n) is 1.74. The predicted octanol–water partition coefficient (Wildman–Crippen LogP) is 1.45. The molecule has 0 aromatic carbocycles. The van der Waals surface area contributed by atoms with Crippen molar-refractivity contribution < 1.29 is 0 Å². The van der Waals surface area contributed by atoms with Gasteiger partial charge in [-0.05, 0) is 19.9 Å². The molecule has 1 nitrogen and oxygen atoms in total. The second-order valence-electron chi connectivity index (χ2n) is 2.69. The Hall–Kier alpha value is 0.390. The van der Waals surface area contributed by atoms with Crippen LogP contribution in [0.15, 0.2) is 0 Å². The third kappa shape index (κ3) is 2.11. The molecule has 0 amide bonds. The fraction of sp³-hybridized carbons (Fsp3) is 1.00. The molecule has 0 spiro atoms. The fourth-order valence-corrected chi connectivity index (χ4v) is 0.289. The topological polar surface area (TPSA) is 12.0 Å². The molecule has 0 aliphatic rings. The van der Waals surface area contributed by atoms with Gasteiger partial charge in [-0.2, -0.15) is 0 Å². The van der Waals surface area contributed by atoms with Crippen LogP contribution in [-0.2, 0) is 0 Å². The number of hydrogen-bond donors (Lipinski definition) is 1. The van der Waals surface area contributed by atoms with Crippen LogP contribution in [-0.4, -0.2) is 12.3 Å². The summed E-state index contributed by atoms with van der Waals surface area (Å²) in [5, 5.41) is 3.41. The van der Waals surface area contributed by atoms with Crippen molar-refractivity contribution in [2.45, 2.75) is 26.1 Å². The van der Waals surface area contributed by atoms with E-state index in [9.17, 15) is 0 Å². The van der Waals surface area contributed by atoms with Crippen LogP contribution in [0, 0.1) is 5.92 Å². The van der Waals surface area contributed by atoms with Gasteiger partial charge in [0.1, 0.15) is 0 Å². The standard InChI is InChI=1S/C6H16NP/c1-5(2)6(3,8)7-4/h5,7H,8H2,1-4H3/t6-/m0/s1. The zero-order chi connectivity index (χ0) is 6.78. The van der Waals surface area contributed by atoms with E-state index in [0.29, 0.717) is 5.92 Å². The lowest BCUT2D eigenvalue weighted by Gasteiger charge is -2.28. The summed E-state index contributed by atoms with van der Waals surface area (Å²) in [6.45, 7) is 6.56. The molecule has 0 radical (unpaired) electrons. The minimum Gasteiger partial charge on any atom is -0.311 e. The zero-order valence-electron chi connectivity index (χ0n) is 6.15. The van der Waals surface area contributed by atoms with Crippen LogP contribution in [0.3, 0.4) is 0 Å². The van der Waals surface area contributed by atoms with Gasteiger partial charge in [0.2, 0.25) is 0 Å². The highest BCUT2D eigenvalue weighted by Gasteiger charge is 2.18. The van der Waals surface area contributed by atoms with Gasteiger partial charge in [0, 0.05) is 5.28 Å². The van der Waals surface area contributed by atoms with Crippen molar-refractivity contribution in [1.29, 1.82) is 0 Å². The summed E-state index contributed by atoms with van der Waals surface area (Å²) in [5.41, 5.74) is 0. The van der Waals surface area contributed by atoms with E-state index in [1.54, 1.807) is 0 Å². The first-order valence-corrected chi connectivity index (χ1v) is 3.56. The monoisotopic (exact) mass is 133 g/mol. The zero-order valence-corrected chi connectivity index (χ0v) is 7.31. The summed E-state index contributed by atoms with van der Waals surface area (Å²) < 4.78 is 0. The first kappa shape index (κ1) is 8.39. The molecule has 1 unspecified atom stereocenters. The first-order chi connectivity index (χ1) is 3.50. The van der Waals surface area contributed by atoms with Crippen molar-refractivity contribution in [3.8, 4) is 0 Å². The molecule has 0 bridgehead atoms. The highest BCUT2D eigenvalue weighted by Crippen LogP contribution is 2.22. The van der Waals surface area contributed by atoms with Gasteiger partial charge >= 0.3 is 0 Å². The lowest BCUT2D eigenvalue weighted by Crippen LogP contribution is -2.37. The Morgan fingerprint density at radius 2 is 1.88 bits per heavy atom. The van der Waals surface area contributed by atoms with Crippen molar-refractivity contribution in [3.05, 3.63) is 0 Å². The Bertz CT molecular complexity index is 68.9. The van der Waals surface area contributed by atoms with Gasteiger partial charge in [-0.25, -0.2) is 0 Å². The molecule has 0 aromatic rings. The lowest BCUT2D eigenvalue weighted by molar-refractivity contribution is 0.413. The van der Waals surface area contributed by atoms with Gasteiger partial charge in [-0.3, -0.25) is 0 Å². The molecule has 0 heterocycles. The van der Waals surface area contributed by atoms with E-state index in [2.05, 4.69) is 35.3 Å². The Morgan fingerprint density at radius 1 is 1.50 bits per heavy atom. The summed E-state index contributed by atoms with van der Waals surface area (Å²) >= 11 is 0. The van der Waals surface area contributed by atoms with E-state index >= 15 is 0 Å². The molecular weight excluding hydrogens is 117 g/mol. The molecule has 0 aliphatic carbocycles. The van der Waals surface area contributed by atoms with Crippen LogP contribution in [0.25, 0.3) is 0 Å². The molecule has 0 aliphatic heterocycles. The third-order valence-corrected chi connectivity index (χ3v) is 2.69. The quantitative estimate of drug-likeness (QED) is 0.562. The SMILES string of the molecule is CN[C@@](C)(P)C(C)C.